The molecule has 2 nitrogen and oxygen atoms in total. The smallest absolute Gasteiger partial charge is 0.0870 e. The van der Waals surface area contributed by atoms with Crippen LogP contribution >= 0.6 is 15.9 Å². The van der Waals surface area contributed by atoms with Crippen LogP contribution in [0.3, 0.4) is 0 Å². The first-order chi connectivity index (χ1) is 9.93. The summed E-state index contributed by atoms with van der Waals surface area (Å²) >= 11 is 3.49. The van der Waals surface area contributed by atoms with Gasteiger partial charge in [-0.25, -0.2) is 0 Å². The van der Waals surface area contributed by atoms with Crippen molar-refractivity contribution in [2.75, 3.05) is 6.54 Å². The molecule has 0 saturated heterocycles. The topological polar surface area (TPSA) is 46.2 Å². The summed E-state index contributed by atoms with van der Waals surface area (Å²) in [6.07, 6.45) is -0.594. The minimum atomic E-state index is -0.594. The molecule has 2 atom stereocenters. The number of hydrogen-bond acceptors (Lipinski definition) is 2. The highest BCUT2D eigenvalue weighted by Crippen LogP contribution is 2.32. The molecule has 0 aliphatic rings. The van der Waals surface area contributed by atoms with Crippen LogP contribution in [0.2, 0.25) is 0 Å². The molecule has 112 valence electrons. The van der Waals surface area contributed by atoms with E-state index in [1.54, 1.807) is 0 Å². The molecule has 0 aromatic heterocycles. The summed E-state index contributed by atoms with van der Waals surface area (Å²) in [6.45, 7) is 6.61. The number of benzene rings is 2. The second kappa shape index (κ2) is 6.73. The number of nitrogens with two attached hydrogens (primary N) is 1. The number of rotatable bonds is 4. The Balaban J connectivity index is 2.35. The average molecular weight is 348 g/mol. The van der Waals surface area contributed by atoms with Crippen molar-refractivity contribution in [1.82, 2.24) is 0 Å². The lowest BCUT2D eigenvalue weighted by Gasteiger charge is -2.23. The van der Waals surface area contributed by atoms with Gasteiger partial charge in [0.05, 0.1) is 6.10 Å². The van der Waals surface area contributed by atoms with E-state index in [2.05, 4.69) is 48.0 Å². The quantitative estimate of drug-likeness (QED) is 0.872. The van der Waals surface area contributed by atoms with E-state index in [0.717, 1.165) is 21.2 Å². The Morgan fingerprint density at radius 2 is 1.57 bits per heavy atom. The highest BCUT2D eigenvalue weighted by atomic mass is 79.9. The monoisotopic (exact) mass is 347 g/mol. The van der Waals surface area contributed by atoms with Crippen LogP contribution in [0, 0.1) is 20.8 Å². The van der Waals surface area contributed by atoms with E-state index in [4.69, 9.17) is 5.73 Å². The summed E-state index contributed by atoms with van der Waals surface area (Å²) in [5.74, 6) is -0.0927. The van der Waals surface area contributed by atoms with Gasteiger partial charge in [0.1, 0.15) is 0 Å². The maximum atomic E-state index is 10.7. The summed E-state index contributed by atoms with van der Waals surface area (Å²) in [7, 11) is 0. The van der Waals surface area contributed by atoms with Crippen LogP contribution in [0.5, 0.6) is 0 Å². The van der Waals surface area contributed by atoms with Crippen molar-refractivity contribution >= 4 is 15.9 Å². The normalized spacial score (nSPS) is 14.0. The summed E-state index contributed by atoms with van der Waals surface area (Å²) in [4.78, 5) is 0. The van der Waals surface area contributed by atoms with Gasteiger partial charge in [0, 0.05) is 16.9 Å². The number of halogens is 1. The van der Waals surface area contributed by atoms with E-state index in [0.29, 0.717) is 6.54 Å². The first-order valence-electron chi connectivity index (χ1n) is 7.15. The third kappa shape index (κ3) is 3.54. The molecule has 2 aromatic rings. The summed E-state index contributed by atoms with van der Waals surface area (Å²) in [5, 5.41) is 10.7. The molecule has 0 spiro atoms. The average Bonchev–Trinajstić information content (AvgIpc) is 2.46. The Kier molecular flexibility index (Phi) is 5.20. The van der Waals surface area contributed by atoms with E-state index in [-0.39, 0.29) is 5.92 Å². The summed E-state index contributed by atoms with van der Waals surface area (Å²) in [6, 6.07) is 12.2. The van der Waals surface area contributed by atoms with E-state index in [1.165, 1.54) is 11.1 Å². The van der Waals surface area contributed by atoms with Crippen LogP contribution in [-0.2, 0) is 0 Å². The van der Waals surface area contributed by atoms with Crippen molar-refractivity contribution in [1.29, 1.82) is 0 Å². The molecule has 0 aliphatic heterocycles. The van der Waals surface area contributed by atoms with Crippen molar-refractivity contribution in [3.8, 4) is 0 Å². The number of aryl methyl sites for hydroxylation is 3. The van der Waals surface area contributed by atoms with Gasteiger partial charge in [-0.2, -0.15) is 0 Å². The molecule has 0 bridgehead atoms. The van der Waals surface area contributed by atoms with Gasteiger partial charge in [-0.05, 0) is 54.7 Å². The van der Waals surface area contributed by atoms with Crippen LogP contribution in [-0.4, -0.2) is 11.7 Å². The lowest BCUT2D eigenvalue weighted by atomic mass is 9.87. The fraction of sp³-hybridized carbons (Fsp3) is 0.333. The van der Waals surface area contributed by atoms with Gasteiger partial charge in [0.15, 0.2) is 0 Å². The molecule has 2 aromatic carbocycles. The van der Waals surface area contributed by atoms with E-state index >= 15 is 0 Å². The molecule has 3 N–H and O–H groups in total. The lowest BCUT2D eigenvalue weighted by molar-refractivity contribution is 0.147. The number of aliphatic hydroxyl groups is 1. The Labute approximate surface area is 135 Å². The third-order valence-electron chi connectivity index (χ3n) is 4.12. The third-order valence-corrected chi connectivity index (χ3v) is 5.01. The van der Waals surface area contributed by atoms with Crippen molar-refractivity contribution in [2.24, 2.45) is 5.73 Å². The van der Waals surface area contributed by atoms with Crippen molar-refractivity contribution < 1.29 is 5.11 Å². The van der Waals surface area contributed by atoms with E-state index < -0.39 is 6.10 Å². The van der Waals surface area contributed by atoms with Crippen LogP contribution in [0.4, 0.5) is 0 Å². The van der Waals surface area contributed by atoms with Crippen LogP contribution in [0.1, 0.15) is 39.8 Å². The Bertz CT molecular complexity index is 639. The molecule has 2 unspecified atom stereocenters. The highest BCUT2D eigenvalue weighted by Gasteiger charge is 2.22. The Morgan fingerprint density at radius 3 is 2.14 bits per heavy atom. The Hall–Kier alpha value is -1.16. The largest absolute Gasteiger partial charge is 0.388 e. The van der Waals surface area contributed by atoms with Crippen LogP contribution in [0.25, 0.3) is 0 Å². The zero-order valence-electron chi connectivity index (χ0n) is 12.7. The first kappa shape index (κ1) is 16.2. The van der Waals surface area contributed by atoms with Gasteiger partial charge in [0.25, 0.3) is 0 Å². The van der Waals surface area contributed by atoms with Gasteiger partial charge >= 0.3 is 0 Å². The predicted molar refractivity (Wildman–Crippen MR) is 91.6 cm³/mol. The second-order valence-corrected chi connectivity index (χ2v) is 6.49. The fourth-order valence-electron chi connectivity index (χ4n) is 2.53. The first-order valence-corrected chi connectivity index (χ1v) is 7.94. The molecular weight excluding hydrogens is 326 g/mol. The minimum Gasteiger partial charge on any atom is -0.388 e. The molecular formula is C18H22BrNO. The van der Waals surface area contributed by atoms with E-state index in [9.17, 15) is 5.11 Å². The maximum Gasteiger partial charge on any atom is 0.0870 e. The molecule has 2 rings (SSSR count). The van der Waals surface area contributed by atoms with Crippen LogP contribution in [0.15, 0.2) is 40.9 Å². The summed E-state index contributed by atoms with van der Waals surface area (Å²) in [5.41, 5.74) is 11.5. The van der Waals surface area contributed by atoms with Crippen LogP contribution < -0.4 is 5.73 Å². The molecule has 0 amide bonds. The van der Waals surface area contributed by atoms with Gasteiger partial charge in [-0.3, -0.25) is 0 Å². The summed E-state index contributed by atoms with van der Waals surface area (Å²) < 4.78 is 1.05. The molecule has 21 heavy (non-hydrogen) atoms. The SMILES string of the molecule is Cc1ccc(C(CN)C(O)c2ccc(Br)c(C)c2)cc1C. The predicted octanol–water partition coefficient (Wildman–Crippen LogP) is 4.15. The van der Waals surface area contributed by atoms with Crippen molar-refractivity contribution in [3.05, 3.63) is 68.7 Å². The zero-order valence-corrected chi connectivity index (χ0v) is 14.3. The molecule has 0 radical (unpaired) electrons. The van der Waals surface area contributed by atoms with Gasteiger partial charge in [-0.1, -0.05) is 46.3 Å². The second-order valence-electron chi connectivity index (χ2n) is 5.64. The molecule has 0 heterocycles. The van der Waals surface area contributed by atoms with E-state index in [1.807, 2.05) is 25.1 Å². The Morgan fingerprint density at radius 1 is 0.952 bits per heavy atom. The molecule has 0 aliphatic carbocycles. The molecule has 0 saturated carbocycles. The maximum absolute atomic E-state index is 10.7. The fourth-order valence-corrected chi connectivity index (χ4v) is 2.77. The van der Waals surface area contributed by atoms with Gasteiger partial charge in [0.2, 0.25) is 0 Å². The molecule has 0 fully saturated rings. The highest BCUT2D eigenvalue weighted by molar-refractivity contribution is 9.10. The number of hydrogen-bond donors (Lipinski definition) is 2. The minimum absolute atomic E-state index is 0.0927. The van der Waals surface area contributed by atoms with Gasteiger partial charge in [-0.15, -0.1) is 0 Å². The molecule has 3 heteroatoms. The standard InChI is InChI=1S/C18H22BrNO/c1-11-4-5-14(8-12(11)2)16(10-20)18(21)15-6-7-17(19)13(3)9-15/h4-9,16,18,21H,10,20H2,1-3H3. The number of aliphatic hydroxyl groups excluding tert-OH is 1. The van der Waals surface area contributed by atoms with Gasteiger partial charge < -0.3 is 10.8 Å². The lowest BCUT2D eigenvalue weighted by Crippen LogP contribution is -2.20. The van der Waals surface area contributed by atoms with Crippen molar-refractivity contribution in [3.63, 3.8) is 0 Å². The zero-order chi connectivity index (χ0) is 15.6. The van der Waals surface area contributed by atoms with Crippen molar-refractivity contribution in [2.45, 2.75) is 32.8 Å².